The quantitative estimate of drug-likeness (QED) is 0.729. The van der Waals surface area contributed by atoms with Crippen molar-refractivity contribution in [1.82, 2.24) is 9.78 Å². The lowest BCUT2D eigenvalue weighted by Crippen LogP contribution is -1.94. The second-order valence-corrected chi connectivity index (χ2v) is 3.99. The molecule has 1 aromatic heterocycles. The van der Waals surface area contributed by atoms with Crippen LogP contribution in [-0.4, -0.2) is 16.0 Å². The van der Waals surface area contributed by atoms with E-state index in [0.717, 1.165) is 10.7 Å². The Morgan fingerprint density at radius 3 is 2.71 bits per heavy atom. The zero-order valence-electron chi connectivity index (χ0n) is 7.64. The summed E-state index contributed by atoms with van der Waals surface area (Å²) in [5.41, 5.74) is 0.912. The van der Waals surface area contributed by atoms with Gasteiger partial charge in [-0.1, -0.05) is 23.7 Å². The Bertz CT molecular complexity index is 439. The number of nitrogens with zero attached hydrogens (tertiary/aromatic N) is 2. The van der Waals surface area contributed by atoms with Gasteiger partial charge < -0.3 is 0 Å². The van der Waals surface area contributed by atoms with Crippen molar-refractivity contribution >= 4 is 23.4 Å². The average Bonchev–Trinajstić information content (AvgIpc) is 2.67. The summed E-state index contributed by atoms with van der Waals surface area (Å²) in [7, 11) is 0. The monoisotopic (exact) mass is 224 g/mol. The smallest absolute Gasteiger partial charge is 0.118 e. The van der Waals surface area contributed by atoms with Gasteiger partial charge in [0, 0.05) is 6.20 Å². The predicted molar refractivity (Wildman–Crippen MR) is 60.4 cm³/mol. The highest BCUT2D eigenvalue weighted by Crippen LogP contribution is 2.20. The Labute approximate surface area is 91.9 Å². The summed E-state index contributed by atoms with van der Waals surface area (Å²) in [4.78, 5) is 0. The van der Waals surface area contributed by atoms with Crippen molar-refractivity contribution < 1.29 is 0 Å². The molecule has 0 N–H and O–H groups in total. The van der Waals surface area contributed by atoms with Crippen molar-refractivity contribution in [3.63, 3.8) is 0 Å². The molecule has 0 unspecified atom stereocenters. The molecule has 1 heterocycles. The summed E-state index contributed by atoms with van der Waals surface area (Å²) in [5.74, 6) is 0. The zero-order chi connectivity index (χ0) is 9.97. The first-order valence-electron chi connectivity index (χ1n) is 4.16. The van der Waals surface area contributed by atoms with Gasteiger partial charge in [0.2, 0.25) is 0 Å². The second kappa shape index (κ2) is 4.07. The lowest BCUT2D eigenvalue weighted by molar-refractivity contribution is 0.838. The largest absolute Gasteiger partial charge is 0.238 e. The van der Waals surface area contributed by atoms with E-state index in [0.29, 0.717) is 5.02 Å². The lowest BCUT2D eigenvalue weighted by atomic mass is 10.3. The Morgan fingerprint density at radius 2 is 2.07 bits per heavy atom. The number of rotatable bonds is 2. The molecule has 0 saturated heterocycles. The summed E-state index contributed by atoms with van der Waals surface area (Å²) >= 11 is 7.66. The fraction of sp³-hybridized carbons (Fsp3) is 0.100. The van der Waals surface area contributed by atoms with E-state index in [4.69, 9.17) is 11.6 Å². The number of para-hydroxylation sites is 1. The van der Waals surface area contributed by atoms with Crippen molar-refractivity contribution in [3.8, 4) is 5.69 Å². The van der Waals surface area contributed by atoms with E-state index in [-0.39, 0.29) is 0 Å². The summed E-state index contributed by atoms with van der Waals surface area (Å²) in [6.07, 6.45) is 3.91. The molecule has 4 heteroatoms. The van der Waals surface area contributed by atoms with E-state index in [1.165, 1.54) is 0 Å². The van der Waals surface area contributed by atoms with Gasteiger partial charge in [-0.25, -0.2) is 4.68 Å². The molecule has 0 radical (unpaired) electrons. The van der Waals surface area contributed by atoms with E-state index in [1.807, 2.05) is 42.8 Å². The number of aromatic nitrogens is 2. The molecule has 2 aromatic rings. The van der Waals surface area contributed by atoms with E-state index in [1.54, 1.807) is 16.4 Å². The van der Waals surface area contributed by atoms with Crippen molar-refractivity contribution in [2.24, 2.45) is 0 Å². The summed E-state index contributed by atoms with van der Waals surface area (Å²) in [6.45, 7) is 0. The predicted octanol–water partition coefficient (Wildman–Crippen LogP) is 3.25. The number of halogens is 1. The highest BCUT2D eigenvalue weighted by atomic mass is 35.5. The minimum absolute atomic E-state index is 0.711. The van der Waals surface area contributed by atoms with Gasteiger partial charge >= 0.3 is 0 Å². The molecule has 72 valence electrons. The van der Waals surface area contributed by atoms with Crippen LogP contribution in [0.2, 0.25) is 5.02 Å². The Balaban J connectivity index is 2.44. The molecule has 1 aromatic carbocycles. The molecule has 0 amide bonds. The molecule has 14 heavy (non-hydrogen) atoms. The van der Waals surface area contributed by atoms with Crippen molar-refractivity contribution in [2.45, 2.75) is 5.03 Å². The van der Waals surface area contributed by atoms with Crippen LogP contribution in [0.1, 0.15) is 0 Å². The molecule has 0 bridgehead atoms. The normalized spacial score (nSPS) is 10.4. The topological polar surface area (TPSA) is 17.8 Å². The van der Waals surface area contributed by atoms with Crippen LogP contribution in [-0.2, 0) is 0 Å². The first-order valence-corrected chi connectivity index (χ1v) is 5.76. The maximum Gasteiger partial charge on any atom is 0.118 e. The highest BCUT2D eigenvalue weighted by molar-refractivity contribution is 7.98. The molecular formula is C10H9ClN2S. The van der Waals surface area contributed by atoms with Crippen LogP contribution in [0.15, 0.2) is 41.6 Å². The van der Waals surface area contributed by atoms with Crippen LogP contribution < -0.4 is 0 Å². The maximum absolute atomic E-state index is 6.04. The van der Waals surface area contributed by atoms with E-state index in [2.05, 4.69) is 5.10 Å². The number of benzene rings is 1. The van der Waals surface area contributed by atoms with Crippen molar-refractivity contribution in [2.75, 3.05) is 6.26 Å². The molecule has 0 aliphatic rings. The zero-order valence-corrected chi connectivity index (χ0v) is 9.22. The van der Waals surface area contributed by atoms with Crippen LogP contribution >= 0.6 is 23.4 Å². The van der Waals surface area contributed by atoms with Gasteiger partial charge in [0.05, 0.1) is 10.7 Å². The molecule has 0 fully saturated rings. The van der Waals surface area contributed by atoms with Crippen molar-refractivity contribution in [1.29, 1.82) is 0 Å². The van der Waals surface area contributed by atoms with Crippen LogP contribution in [0.3, 0.4) is 0 Å². The lowest BCUT2D eigenvalue weighted by Gasteiger charge is -2.02. The van der Waals surface area contributed by atoms with Crippen LogP contribution in [0, 0.1) is 0 Å². The Morgan fingerprint density at radius 1 is 1.29 bits per heavy atom. The van der Waals surface area contributed by atoms with Gasteiger partial charge in [-0.2, -0.15) is 5.10 Å². The number of hydrogen-bond donors (Lipinski definition) is 0. The molecule has 0 aliphatic carbocycles. The van der Waals surface area contributed by atoms with Crippen LogP contribution in [0.5, 0.6) is 0 Å². The molecule has 0 saturated carbocycles. The molecule has 0 spiro atoms. The van der Waals surface area contributed by atoms with Crippen molar-refractivity contribution in [3.05, 3.63) is 41.6 Å². The second-order valence-electron chi connectivity index (χ2n) is 2.75. The van der Waals surface area contributed by atoms with Gasteiger partial charge in [-0.3, -0.25) is 0 Å². The third-order valence-corrected chi connectivity index (χ3v) is 2.83. The summed E-state index contributed by atoms with van der Waals surface area (Å²) in [5, 5.41) is 6.06. The van der Waals surface area contributed by atoms with E-state index < -0.39 is 0 Å². The average molecular weight is 225 g/mol. The van der Waals surface area contributed by atoms with E-state index in [9.17, 15) is 0 Å². The highest BCUT2D eigenvalue weighted by Gasteiger charge is 2.03. The van der Waals surface area contributed by atoms with Gasteiger partial charge in [-0.05, 0) is 24.5 Å². The van der Waals surface area contributed by atoms with Gasteiger partial charge in [0.25, 0.3) is 0 Å². The SMILES string of the molecule is CSc1ccn(-c2ccccc2Cl)n1. The number of thioether (sulfide) groups is 1. The Hall–Kier alpha value is -0.930. The van der Waals surface area contributed by atoms with Gasteiger partial charge in [-0.15, -0.1) is 11.8 Å². The third kappa shape index (κ3) is 1.79. The van der Waals surface area contributed by atoms with E-state index >= 15 is 0 Å². The van der Waals surface area contributed by atoms with Crippen LogP contribution in [0.25, 0.3) is 5.69 Å². The summed E-state index contributed by atoms with van der Waals surface area (Å²) in [6, 6.07) is 9.62. The maximum atomic E-state index is 6.04. The Kier molecular flexibility index (Phi) is 2.79. The fourth-order valence-electron chi connectivity index (χ4n) is 1.19. The molecular weight excluding hydrogens is 216 g/mol. The molecule has 0 atom stereocenters. The van der Waals surface area contributed by atoms with Gasteiger partial charge in [0.15, 0.2) is 0 Å². The first kappa shape index (κ1) is 9.62. The fourth-order valence-corrected chi connectivity index (χ4v) is 1.78. The minimum Gasteiger partial charge on any atom is -0.238 e. The summed E-state index contributed by atoms with van der Waals surface area (Å²) < 4.78 is 1.79. The number of hydrogen-bond acceptors (Lipinski definition) is 2. The standard InChI is InChI=1S/C10H9ClN2S/c1-14-10-6-7-13(12-10)9-5-3-2-4-8(9)11/h2-7H,1H3. The molecule has 0 aliphatic heterocycles. The van der Waals surface area contributed by atoms with Gasteiger partial charge in [0.1, 0.15) is 5.03 Å². The minimum atomic E-state index is 0.711. The molecule has 2 rings (SSSR count). The third-order valence-electron chi connectivity index (χ3n) is 1.87. The first-order chi connectivity index (χ1) is 6.81. The molecule has 2 nitrogen and oxygen atoms in total. The van der Waals surface area contributed by atoms with Crippen LogP contribution in [0.4, 0.5) is 0 Å².